The smallest absolute Gasteiger partial charge is 0.497 e. The van der Waals surface area contributed by atoms with E-state index in [0.717, 1.165) is 11.3 Å². The minimum atomic E-state index is -1.36. The third-order valence-electron chi connectivity index (χ3n) is 7.98. The number of aromatic nitrogens is 2. The Balaban J connectivity index is 1.36. The molecule has 234 valence electrons. The Labute approximate surface area is 262 Å². The third-order valence-corrected chi connectivity index (χ3v) is 7.98. The van der Waals surface area contributed by atoms with Crippen molar-refractivity contribution in [2.24, 2.45) is 5.92 Å². The molecule has 2 amide bonds. The summed E-state index contributed by atoms with van der Waals surface area (Å²) in [6.45, 7) is 4.54. The van der Waals surface area contributed by atoms with Crippen LogP contribution in [-0.4, -0.2) is 89.9 Å². The van der Waals surface area contributed by atoms with Gasteiger partial charge >= 0.3 is 19.1 Å². The number of anilines is 1. The van der Waals surface area contributed by atoms with Crippen LogP contribution in [0.15, 0.2) is 79.3 Å². The number of fused-ring (bicyclic) bond motifs is 2. The Kier molecular flexibility index (Phi) is 10.1. The SMILES string of the molecule is CC(C)C[C@H](NC(=O)[C@H](Cc1ccccc1)NC(=O)c1cnccn1)B1OC(=O)[C@H]2CN(c3ccccc3)C[C@H](C(=O)O1)N2C. The maximum atomic E-state index is 13.9. The average molecular weight is 612 g/mol. The van der Waals surface area contributed by atoms with Gasteiger partial charge in [-0.05, 0) is 37.1 Å². The fourth-order valence-electron chi connectivity index (χ4n) is 5.61. The highest BCUT2D eigenvalue weighted by molar-refractivity contribution is 6.51. The lowest BCUT2D eigenvalue weighted by atomic mass is 9.73. The van der Waals surface area contributed by atoms with Crippen molar-refractivity contribution in [3.05, 3.63) is 90.5 Å². The van der Waals surface area contributed by atoms with Crippen molar-refractivity contribution >= 4 is 36.6 Å². The molecule has 0 aliphatic carbocycles. The number of benzene rings is 2. The molecule has 12 nitrogen and oxygen atoms in total. The molecule has 2 fully saturated rings. The molecule has 1 aromatic heterocycles. The van der Waals surface area contributed by atoms with Crippen LogP contribution in [0.25, 0.3) is 0 Å². The van der Waals surface area contributed by atoms with E-state index in [1.807, 2.05) is 79.4 Å². The van der Waals surface area contributed by atoms with Crippen LogP contribution < -0.4 is 15.5 Å². The van der Waals surface area contributed by atoms with Crippen molar-refractivity contribution in [3.63, 3.8) is 0 Å². The fourth-order valence-corrected chi connectivity index (χ4v) is 5.61. The molecule has 3 aromatic rings. The van der Waals surface area contributed by atoms with E-state index in [9.17, 15) is 19.2 Å². The zero-order chi connectivity index (χ0) is 31.9. The number of carbonyl (C=O) groups excluding carboxylic acids is 4. The fraction of sp³-hybridized carbons (Fsp3) is 0.375. The van der Waals surface area contributed by atoms with Crippen molar-refractivity contribution in [1.82, 2.24) is 25.5 Å². The molecule has 2 aliphatic rings. The summed E-state index contributed by atoms with van der Waals surface area (Å²) in [5.74, 6) is -3.03. The largest absolute Gasteiger partial charge is 0.622 e. The molecule has 2 aromatic carbocycles. The average Bonchev–Trinajstić information content (AvgIpc) is 3.04. The van der Waals surface area contributed by atoms with Crippen LogP contribution in [0, 0.1) is 5.92 Å². The van der Waals surface area contributed by atoms with Crippen molar-refractivity contribution < 1.29 is 28.5 Å². The number of hydrogen-bond acceptors (Lipinski definition) is 10. The quantitative estimate of drug-likeness (QED) is 0.325. The zero-order valence-electron chi connectivity index (χ0n) is 25.5. The van der Waals surface area contributed by atoms with Gasteiger partial charge in [0.2, 0.25) is 5.91 Å². The summed E-state index contributed by atoms with van der Waals surface area (Å²) < 4.78 is 11.7. The summed E-state index contributed by atoms with van der Waals surface area (Å²) in [7, 11) is 0.355. The first-order chi connectivity index (χ1) is 21.7. The predicted molar refractivity (Wildman–Crippen MR) is 167 cm³/mol. The summed E-state index contributed by atoms with van der Waals surface area (Å²) in [5, 5.41) is 5.69. The number of likely N-dealkylation sites (N-methyl/N-ethyl adjacent to an activating group) is 1. The summed E-state index contributed by atoms with van der Waals surface area (Å²) in [6, 6.07) is 16.3. The molecular weight excluding hydrogens is 575 g/mol. The molecule has 2 N–H and O–H groups in total. The molecule has 45 heavy (non-hydrogen) atoms. The summed E-state index contributed by atoms with van der Waals surface area (Å²) in [5.41, 5.74) is 1.77. The minimum Gasteiger partial charge on any atom is -0.497 e. The maximum absolute atomic E-state index is 13.9. The van der Waals surface area contributed by atoms with Crippen molar-refractivity contribution in [3.8, 4) is 0 Å². The Morgan fingerprint density at radius 3 is 2.13 bits per heavy atom. The number of rotatable bonds is 10. The molecule has 4 atom stereocenters. The van der Waals surface area contributed by atoms with Crippen LogP contribution in [0.3, 0.4) is 0 Å². The summed E-state index contributed by atoms with van der Waals surface area (Å²) in [6.07, 6.45) is 4.68. The zero-order valence-corrected chi connectivity index (χ0v) is 25.5. The number of amides is 2. The molecule has 0 spiro atoms. The first-order valence-electron chi connectivity index (χ1n) is 15.0. The Hall–Kier alpha value is -4.78. The monoisotopic (exact) mass is 612 g/mol. The first kappa shape index (κ1) is 31.6. The van der Waals surface area contributed by atoms with E-state index in [4.69, 9.17) is 9.31 Å². The molecule has 2 aliphatic heterocycles. The molecule has 0 saturated carbocycles. The molecule has 2 saturated heterocycles. The van der Waals surface area contributed by atoms with Crippen LogP contribution in [0.1, 0.15) is 36.3 Å². The van der Waals surface area contributed by atoms with E-state index in [0.29, 0.717) is 19.5 Å². The van der Waals surface area contributed by atoms with E-state index in [1.165, 1.54) is 18.6 Å². The lowest BCUT2D eigenvalue weighted by Gasteiger charge is -2.45. The highest BCUT2D eigenvalue weighted by Crippen LogP contribution is 2.26. The van der Waals surface area contributed by atoms with Crippen molar-refractivity contribution in [1.29, 1.82) is 0 Å². The normalized spacial score (nSPS) is 19.9. The highest BCUT2D eigenvalue weighted by atomic mass is 16.6. The second kappa shape index (κ2) is 14.3. The van der Waals surface area contributed by atoms with Crippen LogP contribution in [0.2, 0.25) is 0 Å². The van der Waals surface area contributed by atoms with Gasteiger partial charge in [-0.2, -0.15) is 0 Å². The molecule has 0 radical (unpaired) electrons. The first-order valence-corrected chi connectivity index (χ1v) is 15.0. The number of nitrogens with zero attached hydrogens (tertiary/aromatic N) is 4. The van der Waals surface area contributed by atoms with Crippen molar-refractivity contribution in [2.75, 3.05) is 25.0 Å². The third kappa shape index (κ3) is 7.85. The maximum Gasteiger partial charge on any atom is 0.622 e. The highest BCUT2D eigenvalue weighted by Gasteiger charge is 2.50. The van der Waals surface area contributed by atoms with Gasteiger partial charge in [-0.1, -0.05) is 62.4 Å². The van der Waals surface area contributed by atoms with Gasteiger partial charge in [-0.3, -0.25) is 29.1 Å². The van der Waals surface area contributed by atoms with Crippen LogP contribution in [-0.2, 0) is 30.1 Å². The van der Waals surface area contributed by atoms with E-state index >= 15 is 0 Å². The number of nitrogens with one attached hydrogen (secondary N) is 2. The van der Waals surface area contributed by atoms with Gasteiger partial charge in [0, 0.05) is 37.6 Å². The van der Waals surface area contributed by atoms with Gasteiger partial charge in [0.1, 0.15) is 23.8 Å². The van der Waals surface area contributed by atoms with Gasteiger partial charge in [0.25, 0.3) is 5.91 Å². The van der Waals surface area contributed by atoms with E-state index in [2.05, 4.69) is 20.6 Å². The molecule has 13 heteroatoms. The topological polar surface area (TPSA) is 143 Å². The van der Waals surface area contributed by atoms with Gasteiger partial charge < -0.3 is 24.8 Å². The number of piperazine rings is 1. The Morgan fingerprint density at radius 2 is 1.56 bits per heavy atom. The lowest BCUT2D eigenvalue weighted by molar-refractivity contribution is -0.155. The Morgan fingerprint density at radius 1 is 0.933 bits per heavy atom. The summed E-state index contributed by atoms with van der Waals surface area (Å²) >= 11 is 0. The second-order valence-corrected chi connectivity index (χ2v) is 11.7. The second-order valence-electron chi connectivity index (χ2n) is 11.7. The number of hydrogen-bond donors (Lipinski definition) is 2. The van der Waals surface area contributed by atoms with E-state index < -0.39 is 54.9 Å². The lowest BCUT2D eigenvalue weighted by Crippen LogP contribution is -2.67. The van der Waals surface area contributed by atoms with Gasteiger partial charge in [0.15, 0.2) is 0 Å². The van der Waals surface area contributed by atoms with Crippen LogP contribution >= 0.6 is 0 Å². The van der Waals surface area contributed by atoms with Gasteiger partial charge in [0.05, 0.1) is 12.1 Å². The Bertz CT molecular complexity index is 1450. The predicted octanol–water partition coefficient (Wildman–Crippen LogP) is 1.67. The number of para-hydroxylation sites is 1. The molecular formula is C32H37BN6O6. The summed E-state index contributed by atoms with van der Waals surface area (Å²) in [4.78, 5) is 65.6. The van der Waals surface area contributed by atoms with E-state index in [1.54, 1.807) is 11.9 Å². The molecule has 3 heterocycles. The van der Waals surface area contributed by atoms with Crippen LogP contribution in [0.4, 0.5) is 5.69 Å². The molecule has 2 bridgehead atoms. The molecule has 5 rings (SSSR count). The van der Waals surface area contributed by atoms with Crippen LogP contribution in [0.5, 0.6) is 0 Å². The van der Waals surface area contributed by atoms with Crippen molar-refractivity contribution in [2.45, 2.75) is 50.8 Å². The van der Waals surface area contributed by atoms with E-state index in [-0.39, 0.29) is 18.0 Å². The van der Waals surface area contributed by atoms with Gasteiger partial charge in [-0.15, -0.1) is 0 Å². The minimum absolute atomic E-state index is 0.0376. The standard InChI is InChI=1S/C32H37BN6O6/c1-21(2)16-28(37-29(40)24(17-22-10-6-4-7-11-22)36-30(41)25-18-34-14-15-35-25)33-44-31(42)26-19-39(23-12-8-5-9-13-23)20-27(38(26)3)32(43)45-33/h4-15,18,21,24,26-28H,16-17,19-20H2,1-3H3,(H,36,41)(H,37,40)/t24-,26+,27+,28-/m0/s1. The number of carbonyl (C=O) groups is 4. The molecule has 0 unspecified atom stereocenters. The van der Waals surface area contributed by atoms with Gasteiger partial charge in [-0.25, -0.2) is 4.98 Å².